The lowest BCUT2D eigenvalue weighted by Crippen LogP contribution is -2.27. The van der Waals surface area contributed by atoms with E-state index in [4.69, 9.17) is 14.6 Å². The summed E-state index contributed by atoms with van der Waals surface area (Å²) in [6.45, 7) is 2.96. The summed E-state index contributed by atoms with van der Waals surface area (Å²) in [5.41, 5.74) is 4.97. The highest BCUT2D eigenvalue weighted by Crippen LogP contribution is 2.36. The summed E-state index contributed by atoms with van der Waals surface area (Å²) in [7, 11) is 0. The number of nitrogens with zero attached hydrogens (tertiary/aromatic N) is 2. The molecule has 5 rings (SSSR count). The molecule has 2 heterocycles. The van der Waals surface area contributed by atoms with E-state index in [2.05, 4.69) is 24.4 Å². The highest BCUT2D eigenvalue weighted by atomic mass is 16.7. The number of rotatable bonds is 8. The molecule has 1 aliphatic rings. The summed E-state index contributed by atoms with van der Waals surface area (Å²) >= 11 is 0. The number of carbonyl (C=O) groups is 1. The summed E-state index contributed by atoms with van der Waals surface area (Å²) in [6, 6.07) is 26.0. The average Bonchev–Trinajstić information content (AvgIpc) is 3.54. The van der Waals surface area contributed by atoms with Crippen molar-refractivity contribution in [3.05, 3.63) is 96.2 Å². The van der Waals surface area contributed by atoms with Crippen LogP contribution in [0.2, 0.25) is 0 Å². The number of aryl methyl sites for hydroxylation is 1. The van der Waals surface area contributed by atoms with Crippen LogP contribution in [-0.2, 0) is 11.2 Å². The van der Waals surface area contributed by atoms with E-state index in [0.717, 1.165) is 28.3 Å². The van der Waals surface area contributed by atoms with Crippen molar-refractivity contribution >= 4 is 5.91 Å². The highest BCUT2D eigenvalue weighted by Gasteiger charge is 2.19. The Kier molecular flexibility index (Phi) is 6.29. The molecule has 6 nitrogen and oxygen atoms in total. The van der Waals surface area contributed by atoms with Gasteiger partial charge in [0.25, 0.3) is 0 Å². The SMILES string of the molecule is C[C@@H](CNC(=O)CCc1cn(-c2ccccc2)nc1-c1ccc2c(c1)OCO2)c1ccccc1. The van der Waals surface area contributed by atoms with Gasteiger partial charge in [-0.2, -0.15) is 5.10 Å². The first-order chi connectivity index (χ1) is 16.7. The fraction of sp³-hybridized carbons (Fsp3) is 0.214. The third kappa shape index (κ3) is 4.81. The van der Waals surface area contributed by atoms with Crippen LogP contribution >= 0.6 is 0 Å². The van der Waals surface area contributed by atoms with Crippen LogP contribution in [0.25, 0.3) is 16.9 Å². The molecule has 0 radical (unpaired) electrons. The molecule has 172 valence electrons. The van der Waals surface area contributed by atoms with Crippen LogP contribution in [0.5, 0.6) is 11.5 Å². The average molecular weight is 454 g/mol. The lowest BCUT2D eigenvalue weighted by molar-refractivity contribution is -0.121. The van der Waals surface area contributed by atoms with Gasteiger partial charge in [-0.3, -0.25) is 4.79 Å². The number of fused-ring (bicyclic) bond motifs is 1. The summed E-state index contributed by atoms with van der Waals surface area (Å²) in [5.74, 6) is 1.74. The van der Waals surface area contributed by atoms with Gasteiger partial charge in [-0.05, 0) is 53.8 Å². The Hall–Kier alpha value is -4.06. The number of carbonyl (C=O) groups excluding carboxylic acids is 1. The second-order valence-corrected chi connectivity index (χ2v) is 8.47. The van der Waals surface area contributed by atoms with Gasteiger partial charge in [0.2, 0.25) is 12.7 Å². The van der Waals surface area contributed by atoms with Gasteiger partial charge in [-0.1, -0.05) is 55.5 Å². The van der Waals surface area contributed by atoms with Crippen molar-refractivity contribution in [2.45, 2.75) is 25.7 Å². The number of amides is 1. The van der Waals surface area contributed by atoms with Crippen LogP contribution in [0.1, 0.15) is 30.4 Å². The van der Waals surface area contributed by atoms with E-state index < -0.39 is 0 Å². The fourth-order valence-corrected chi connectivity index (χ4v) is 4.10. The van der Waals surface area contributed by atoms with Crippen LogP contribution in [0, 0.1) is 0 Å². The minimum absolute atomic E-state index is 0.0341. The molecule has 0 fully saturated rings. The maximum atomic E-state index is 12.7. The summed E-state index contributed by atoms with van der Waals surface area (Å²) in [5, 5.41) is 7.94. The van der Waals surface area contributed by atoms with Gasteiger partial charge in [0.15, 0.2) is 11.5 Å². The molecule has 34 heavy (non-hydrogen) atoms. The molecule has 0 saturated heterocycles. The fourth-order valence-electron chi connectivity index (χ4n) is 4.10. The van der Waals surface area contributed by atoms with E-state index in [1.165, 1.54) is 5.56 Å². The third-order valence-corrected chi connectivity index (χ3v) is 6.05. The zero-order valence-corrected chi connectivity index (χ0v) is 19.1. The quantitative estimate of drug-likeness (QED) is 0.402. The van der Waals surface area contributed by atoms with Crippen molar-refractivity contribution in [1.29, 1.82) is 0 Å². The smallest absolute Gasteiger partial charge is 0.231 e. The molecule has 0 aliphatic carbocycles. The number of nitrogens with one attached hydrogen (secondary N) is 1. The van der Waals surface area contributed by atoms with Gasteiger partial charge in [0, 0.05) is 24.7 Å². The first-order valence-electron chi connectivity index (χ1n) is 11.5. The van der Waals surface area contributed by atoms with Crippen molar-refractivity contribution in [3.8, 4) is 28.4 Å². The zero-order chi connectivity index (χ0) is 23.3. The first-order valence-corrected chi connectivity index (χ1v) is 11.5. The number of hydrogen-bond donors (Lipinski definition) is 1. The summed E-state index contributed by atoms with van der Waals surface area (Å²) in [6.07, 6.45) is 2.98. The molecule has 0 saturated carbocycles. The molecule has 3 aromatic carbocycles. The standard InChI is InChI=1S/C28H27N3O3/c1-20(21-8-4-2-5-9-21)17-29-27(32)15-13-23-18-31(24-10-6-3-7-11-24)30-28(23)22-12-14-25-26(16-22)34-19-33-25/h2-12,14,16,18,20H,13,15,17,19H2,1H3,(H,29,32)/t20-/m0/s1. The molecule has 0 bridgehead atoms. The second-order valence-electron chi connectivity index (χ2n) is 8.47. The molecule has 1 atom stereocenters. The van der Waals surface area contributed by atoms with Gasteiger partial charge >= 0.3 is 0 Å². The van der Waals surface area contributed by atoms with E-state index in [-0.39, 0.29) is 18.6 Å². The molecular weight excluding hydrogens is 426 g/mol. The lowest BCUT2D eigenvalue weighted by Gasteiger charge is -2.13. The second kappa shape index (κ2) is 9.83. The monoisotopic (exact) mass is 453 g/mol. The minimum Gasteiger partial charge on any atom is -0.454 e. The van der Waals surface area contributed by atoms with Crippen molar-refractivity contribution in [2.24, 2.45) is 0 Å². The summed E-state index contributed by atoms with van der Waals surface area (Å²) < 4.78 is 12.9. The Morgan fingerprint density at radius 1 is 1.00 bits per heavy atom. The molecule has 0 spiro atoms. The van der Waals surface area contributed by atoms with Gasteiger partial charge in [-0.25, -0.2) is 4.68 Å². The molecule has 0 unspecified atom stereocenters. The first kappa shape index (κ1) is 21.8. The topological polar surface area (TPSA) is 65.4 Å². The van der Waals surface area contributed by atoms with Crippen LogP contribution in [0.15, 0.2) is 85.1 Å². The van der Waals surface area contributed by atoms with Crippen molar-refractivity contribution in [2.75, 3.05) is 13.3 Å². The number of hydrogen-bond acceptors (Lipinski definition) is 4. The third-order valence-electron chi connectivity index (χ3n) is 6.05. The van der Waals surface area contributed by atoms with Crippen molar-refractivity contribution < 1.29 is 14.3 Å². The van der Waals surface area contributed by atoms with Crippen LogP contribution in [0.3, 0.4) is 0 Å². The molecule has 1 amide bonds. The lowest BCUT2D eigenvalue weighted by atomic mass is 10.0. The number of benzene rings is 3. The Morgan fingerprint density at radius 3 is 2.53 bits per heavy atom. The highest BCUT2D eigenvalue weighted by molar-refractivity contribution is 5.77. The van der Waals surface area contributed by atoms with E-state index in [1.54, 1.807) is 0 Å². The largest absolute Gasteiger partial charge is 0.454 e. The normalized spacial score (nSPS) is 13.0. The van der Waals surface area contributed by atoms with Gasteiger partial charge in [-0.15, -0.1) is 0 Å². The molecular formula is C28H27N3O3. The van der Waals surface area contributed by atoms with E-state index in [9.17, 15) is 4.79 Å². The Bertz CT molecular complexity index is 1270. The predicted octanol–water partition coefficient (Wildman–Crippen LogP) is 5.12. The van der Waals surface area contributed by atoms with Crippen molar-refractivity contribution in [1.82, 2.24) is 15.1 Å². The van der Waals surface area contributed by atoms with Gasteiger partial charge < -0.3 is 14.8 Å². The van der Waals surface area contributed by atoms with Gasteiger partial charge in [0.1, 0.15) is 0 Å². The van der Waals surface area contributed by atoms with Crippen LogP contribution < -0.4 is 14.8 Å². The Balaban J connectivity index is 1.32. The predicted molar refractivity (Wildman–Crippen MR) is 131 cm³/mol. The molecule has 4 aromatic rings. The van der Waals surface area contributed by atoms with Crippen molar-refractivity contribution in [3.63, 3.8) is 0 Å². The Labute approximate surface area is 199 Å². The molecule has 1 aliphatic heterocycles. The molecule has 1 aromatic heterocycles. The van der Waals surface area contributed by atoms with Crippen LogP contribution in [-0.4, -0.2) is 29.0 Å². The van der Waals surface area contributed by atoms with E-state index >= 15 is 0 Å². The number of ether oxygens (including phenoxy) is 2. The maximum absolute atomic E-state index is 12.7. The van der Waals surface area contributed by atoms with Crippen LogP contribution in [0.4, 0.5) is 0 Å². The minimum atomic E-state index is 0.0341. The van der Waals surface area contributed by atoms with E-state index in [1.807, 2.05) is 77.6 Å². The summed E-state index contributed by atoms with van der Waals surface area (Å²) in [4.78, 5) is 12.7. The molecule has 1 N–H and O–H groups in total. The maximum Gasteiger partial charge on any atom is 0.231 e. The van der Waals surface area contributed by atoms with E-state index in [0.29, 0.717) is 25.1 Å². The Morgan fingerprint density at radius 2 is 1.74 bits per heavy atom. The van der Waals surface area contributed by atoms with Gasteiger partial charge in [0.05, 0.1) is 11.4 Å². The number of para-hydroxylation sites is 1. The number of aromatic nitrogens is 2. The zero-order valence-electron chi connectivity index (χ0n) is 19.1. The molecule has 6 heteroatoms.